The molecule has 1 rings (SSSR count). The van der Waals surface area contributed by atoms with Crippen LogP contribution in [0.4, 0.5) is 0 Å². The molecule has 1 aromatic rings. The summed E-state index contributed by atoms with van der Waals surface area (Å²) in [6.07, 6.45) is 0. The number of nitrogens with one attached hydrogen (secondary N) is 2. The summed E-state index contributed by atoms with van der Waals surface area (Å²) >= 11 is 1.39. The van der Waals surface area contributed by atoms with Crippen molar-refractivity contribution >= 4 is 17.2 Å². The first kappa shape index (κ1) is 13.0. The van der Waals surface area contributed by atoms with Gasteiger partial charge >= 0.3 is 0 Å². The predicted octanol–water partition coefficient (Wildman–Crippen LogP) is 1.48. The Bertz CT molecular complexity index is 338. The standard InChI is InChI=1S/C11H18N2O2S/c1-4-12-8(2)6-13-11(14)10-5-9(15-3)7-16-10/h5,7-8,12H,4,6H2,1-3H3,(H,13,14)/t8-/m1/s1. The largest absolute Gasteiger partial charge is 0.496 e. The number of rotatable bonds is 6. The van der Waals surface area contributed by atoms with Gasteiger partial charge in [0.1, 0.15) is 5.75 Å². The highest BCUT2D eigenvalue weighted by Gasteiger charge is 2.10. The van der Waals surface area contributed by atoms with E-state index in [-0.39, 0.29) is 11.9 Å². The third kappa shape index (κ3) is 3.83. The molecule has 4 nitrogen and oxygen atoms in total. The highest BCUT2D eigenvalue weighted by atomic mass is 32.1. The molecule has 2 N–H and O–H groups in total. The summed E-state index contributed by atoms with van der Waals surface area (Å²) in [4.78, 5) is 12.4. The van der Waals surface area contributed by atoms with Crippen molar-refractivity contribution in [3.8, 4) is 5.75 Å². The van der Waals surface area contributed by atoms with E-state index >= 15 is 0 Å². The van der Waals surface area contributed by atoms with Crippen molar-refractivity contribution in [1.82, 2.24) is 10.6 Å². The minimum Gasteiger partial charge on any atom is -0.496 e. The molecule has 0 radical (unpaired) electrons. The molecule has 0 aliphatic carbocycles. The van der Waals surface area contributed by atoms with E-state index in [1.54, 1.807) is 13.2 Å². The number of thiophene rings is 1. The van der Waals surface area contributed by atoms with Gasteiger partial charge in [0.25, 0.3) is 5.91 Å². The molecule has 1 amide bonds. The lowest BCUT2D eigenvalue weighted by molar-refractivity contribution is 0.0954. The molecular formula is C11H18N2O2S. The third-order valence-electron chi connectivity index (χ3n) is 2.16. The van der Waals surface area contributed by atoms with Crippen molar-refractivity contribution in [3.63, 3.8) is 0 Å². The second kappa shape index (κ2) is 6.50. The maximum atomic E-state index is 11.7. The Morgan fingerprint density at radius 2 is 2.38 bits per heavy atom. The van der Waals surface area contributed by atoms with Crippen molar-refractivity contribution < 1.29 is 9.53 Å². The van der Waals surface area contributed by atoms with Crippen LogP contribution in [-0.2, 0) is 0 Å². The van der Waals surface area contributed by atoms with E-state index < -0.39 is 0 Å². The van der Waals surface area contributed by atoms with Crippen LogP contribution in [0.3, 0.4) is 0 Å². The first-order chi connectivity index (χ1) is 7.67. The molecule has 0 saturated heterocycles. The highest BCUT2D eigenvalue weighted by Crippen LogP contribution is 2.20. The number of hydrogen-bond donors (Lipinski definition) is 2. The molecular weight excluding hydrogens is 224 g/mol. The lowest BCUT2D eigenvalue weighted by Crippen LogP contribution is -2.38. The molecule has 0 aliphatic heterocycles. The van der Waals surface area contributed by atoms with Crippen LogP contribution in [0.25, 0.3) is 0 Å². The summed E-state index contributed by atoms with van der Waals surface area (Å²) in [5, 5.41) is 7.93. The van der Waals surface area contributed by atoms with Crippen molar-refractivity contribution in [2.45, 2.75) is 19.9 Å². The minimum absolute atomic E-state index is 0.0435. The van der Waals surface area contributed by atoms with E-state index in [1.165, 1.54) is 11.3 Å². The summed E-state index contributed by atoms with van der Waals surface area (Å²) in [6.45, 7) is 5.62. The summed E-state index contributed by atoms with van der Waals surface area (Å²) < 4.78 is 5.03. The van der Waals surface area contributed by atoms with Gasteiger partial charge in [-0.1, -0.05) is 6.92 Å². The van der Waals surface area contributed by atoms with E-state index in [9.17, 15) is 4.79 Å². The van der Waals surface area contributed by atoms with Gasteiger partial charge in [0.05, 0.1) is 12.0 Å². The maximum absolute atomic E-state index is 11.7. The summed E-state index contributed by atoms with van der Waals surface area (Å²) in [5.74, 6) is 0.688. The van der Waals surface area contributed by atoms with Gasteiger partial charge in [0, 0.05) is 24.0 Å². The van der Waals surface area contributed by atoms with E-state index in [0.717, 1.165) is 12.3 Å². The van der Waals surface area contributed by atoms with Crippen molar-refractivity contribution in [2.75, 3.05) is 20.2 Å². The molecule has 0 spiro atoms. The van der Waals surface area contributed by atoms with E-state index in [1.807, 2.05) is 19.2 Å². The van der Waals surface area contributed by atoms with Gasteiger partial charge in [-0.15, -0.1) is 11.3 Å². The molecule has 0 fully saturated rings. The Balaban J connectivity index is 2.40. The maximum Gasteiger partial charge on any atom is 0.261 e. The Morgan fingerprint density at radius 3 is 2.94 bits per heavy atom. The van der Waals surface area contributed by atoms with Gasteiger partial charge in [-0.25, -0.2) is 0 Å². The Labute approximate surface area is 100 Å². The van der Waals surface area contributed by atoms with E-state index in [4.69, 9.17) is 4.74 Å². The second-order valence-electron chi connectivity index (χ2n) is 3.52. The quantitative estimate of drug-likeness (QED) is 0.794. The first-order valence-corrected chi connectivity index (χ1v) is 6.19. The van der Waals surface area contributed by atoms with Crippen LogP contribution in [0.5, 0.6) is 5.75 Å². The number of hydrogen-bond acceptors (Lipinski definition) is 4. The fourth-order valence-electron chi connectivity index (χ4n) is 1.30. The normalized spacial score (nSPS) is 12.2. The number of likely N-dealkylation sites (N-methyl/N-ethyl adjacent to an activating group) is 1. The van der Waals surface area contributed by atoms with Crippen LogP contribution in [0.15, 0.2) is 11.4 Å². The SMILES string of the molecule is CCN[C@H](C)CNC(=O)c1cc(OC)cs1. The second-order valence-corrected chi connectivity index (χ2v) is 4.43. The zero-order valence-electron chi connectivity index (χ0n) is 9.87. The third-order valence-corrected chi connectivity index (χ3v) is 3.06. The molecule has 0 aromatic carbocycles. The van der Waals surface area contributed by atoms with Gasteiger partial charge in [-0.05, 0) is 13.5 Å². The van der Waals surface area contributed by atoms with E-state index in [2.05, 4.69) is 10.6 Å². The van der Waals surface area contributed by atoms with Crippen LogP contribution < -0.4 is 15.4 Å². The van der Waals surface area contributed by atoms with Gasteiger partial charge in [0.2, 0.25) is 0 Å². The summed E-state index contributed by atoms with van der Waals surface area (Å²) in [6, 6.07) is 2.04. The molecule has 1 heterocycles. The molecule has 1 atom stereocenters. The lowest BCUT2D eigenvalue weighted by Gasteiger charge is -2.12. The van der Waals surface area contributed by atoms with Crippen molar-refractivity contribution in [3.05, 3.63) is 16.3 Å². The molecule has 0 bridgehead atoms. The molecule has 1 aromatic heterocycles. The molecule has 16 heavy (non-hydrogen) atoms. The minimum atomic E-state index is -0.0435. The smallest absolute Gasteiger partial charge is 0.261 e. The summed E-state index contributed by atoms with van der Waals surface area (Å²) in [5.41, 5.74) is 0. The fraction of sp³-hybridized carbons (Fsp3) is 0.545. The fourth-order valence-corrected chi connectivity index (χ4v) is 2.07. The van der Waals surface area contributed by atoms with Crippen LogP contribution >= 0.6 is 11.3 Å². The van der Waals surface area contributed by atoms with Crippen LogP contribution in [0.1, 0.15) is 23.5 Å². The van der Waals surface area contributed by atoms with Crippen LogP contribution in [0, 0.1) is 0 Å². The highest BCUT2D eigenvalue weighted by molar-refractivity contribution is 7.12. The Morgan fingerprint density at radius 1 is 1.62 bits per heavy atom. The number of ether oxygens (including phenoxy) is 1. The van der Waals surface area contributed by atoms with E-state index in [0.29, 0.717) is 11.4 Å². The number of methoxy groups -OCH3 is 1. The number of carbonyl (C=O) groups is 1. The predicted molar refractivity (Wildman–Crippen MR) is 66.3 cm³/mol. The number of amides is 1. The summed E-state index contributed by atoms with van der Waals surface area (Å²) in [7, 11) is 1.59. The molecule has 0 unspecified atom stereocenters. The van der Waals surface area contributed by atoms with Crippen molar-refractivity contribution in [2.24, 2.45) is 0 Å². The van der Waals surface area contributed by atoms with Gasteiger partial charge in [-0.3, -0.25) is 4.79 Å². The molecule has 0 saturated carbocycles. The Kier molecular flexibility index (Phi) is 5.28. The first-order valence-electron chi connectivity index (χ1n) is 5.31. The van der Waals surface area contributed by atoms with Gasteiger partial charge < -0.3 is 15.4 Å². The van der Waals surface area contributed by atoms with Crippen LogP contribution in [-0.4, -0.2) is 32.1 Å². The van der Waals surface area contributed by atoms with Crippen LogP contribution in [0.2, 0.25) is 0 Å². The molecule has 0 aliphatic rings. The zero-order valence-corrected chi connectivity index (χ0v) is 10.7. The average Bonchev–Trinajstić information content (AvgIpc) is 2.75. The van der Waals surface area contributed by atoms with Crippen molar-refractivity contribution in [1.29, 1.82) is 0 Å². The monoisotopic (exact) mass is 242 g/mol. The molecule has 5 heteroatoms. The average molecular weight is 242 g/mol. The van der Waals surface area contributed by atoms with Gasteiger partial charge in [-0.2, -0.15) is 0 Å². The molecule has 90 valence electrons. The zero-order chi connectivity index (χ0) is 12.0. The lowest BCUT2D eigenvalue weighted by atomic mass is 10.3. The topological polar surface area (TPSA) is 50.4 Å². The number of carbonyl (C=O) groups excluding carboxylic acids is 1. The Hall–Kier alpha value is -1.07. The van der Waals surface area contributed by atoms with Gasteiger partial charge in [0.15, 0.2) is 0 Å².